The molecule has 116 valence electrons. The Kier molecular flexibility index (Phi) is 8.13. The van der Waals surface area contributed by atoms with E-state index in [1.165, 1.54) is 4.88 Å². The van der Waals surface area contributed by atoms with Gasteiger partial charge in [-0.15, -0.1) is 35.3 Å². The average Bonchev–Trinajstić information content (AvgIpc) is 3.06. The molecule has 0 amide bonds. The monoisotopic (exact) mass is 439 g/mol. The van der Waals surface area contributed by atoms with Crippen LogP contribution in [-0.4, -0.2) is 31.5 Å². The summed E-state index contributed by atoms with van der Waals surface area (Å²) < 4.78 is 6.12. The molecule has 1 N–H and O–H groups in total. The SMILES string of the molecule is CN=C(NCCc1ccco1)N(C)Cc1ccc(Cl)s1.I. The molecule has 0 aliphatic heterocycles. The lowest BCUT2D eigenvalue weighted by Gasteiger charge is -2.21. The number of nitrogens with one attached hydrogen (secondary N) is 1. The third-order valence-electron chi connectivity index (χ3n) is 2.83. The molecule has 2 aromatic heterocycles. The topological polar surface area (TPSA) is 40.8 Å². The maximum Gasteiger partial charge on any atom is 0.193 e. The molecule has 0 aromatic carbocycles. The van der Waals surface area contributed by atoms with E-state index in [2.05, 4.69) is 15.2 Å². The average molecular weight is 440 g/mol. The van der Waals surface area contributed by atoms with Gasteiger partial charge >= 0.3 is 0 Å². The second-order valence-electron chi connectivity index (χ2n) is 4.37. The zero-order valence-corrected chi connectivity index (χ0v) is 15.9. The minimum atomic E-state index is 0. The first-order valence-electron chi connectivity index (χ1n) is 6.37. The molecule has 4 nitrogen and oxygen atoms in total. The van der Waals surface area contributed by atoms with E-state index in [1.54, 1.807) is 24.6 Å². The van der Waals surface area contributed by atoms with Crippen LogP contribution in [0.4, 0.5) is 0 Å². The van der Waals surface area contributed by atoms with Crippen molar-refractivity contribution in [1.82, 2.24) is 10.2 Å². The number of hydrogen-bond acceptors (Lipinski definition) is 3. The smallest absolute Gasteiger partial charge is 0.193 e. The van der Waals surface area contributed by atoms with Gasteiger partial charge in [0.05, 0.1) is 17.1 Å². The van der Waals surface area contributed by atoms with Gasteiger partial charge in [-0.2, -0.15) is 0 Å². The highest BCUT2D eigenvalue weighted by atomic mass is 127. The molecule has 0 aliphatic rings. The Morgan fingerprint density at radius 2 is 2.24 bits per heavy atom. The summed E-state index contributed by atoms with van der Waals surface area (Å²) in [7, 11) is 3.79. The van der Waals surface area contributed by atoms with Crippen LogP contribution in [0.1, 0.15) is 10.6 Å². The Morgan fingerprint density at radius 3 is 2.81 bits per heavy atom. The van der Waals surface area contributed by atoms with Gasteiger partial charge in [0.15, 0.2) is 5.96 Å². The highest BCUT2D eigenvalue weighted by molar-refractivity contribution is 14.0. The van der Waals surface area contributed by atoms with Crippen molar-refractivity contribution in [3.63, 3.8) is 0 Å². The van der Waals surface area contributed by atoms with Gasteiger partial charge < -0.3 is 14.6 Å². The van der Waals surface area contributed by atoms with Gasteiger partial charge in [0.2, 0.25) is 0 Å². The molecule has 0 saturated heterocycles. The summed E-state index contributed by atoms with van der Waals surface area (Å²) in [6, 6.07) is 7.83. The maximum atomic E-state index is 5.94. The summed E-state index contributed by atoms with van der Waals surface area (Å²) in [5, 5.41) is 3.32. The van der Waals surface area contributed by atoms with Crippen molar-refractivity contribution in [3.05, 3.63) is 45.5 Å². The Hall–Kier alpha value is -0.730. The molecule has 2 heterocycles. The summed E-state index contributed by atoms with van der Waals surface area (Å²) in [5.74, 6) is 1.83. The maximum absolute atomic E-state index is 5.94. The van der Waals surface area contributed by atoms with Crippen LogP contribution in [0.25, 0.3) is 0 Å². The number of thiophene rings is 1. The summed E-state index contributed by atoms with van der Waals surface area (Å²) in [6.07, 6.45) is 2.53. The predicted octanol–water partition coefficient (Wildman–Crippen LogP) is 3.86. The highest BCUT2D eigenvalue weighted by Gasteiger charge is 2.08. The van der Waals surface area contributed by atoms with Crippen molar-refractivity contribution < 1.29 is 4.42 Å². The summed E-state index contributed by atoms with van der Waals surface area (Å²) >= 11 is 7.53. The molecule has 2 rings (SSSR count). The first-order chi connectivity index (χ1) is 9.69. The molecule has 7 heteroatoms. The number of hydrogen-bond donors (Lipinski definition) is 1. The lowest BCUT2D eigenvalue weighted by molar-refractivity contribution is 0.473. The molecule has 0 aliphatic carbocycles. The van der Waals surface area contributed by atoms with Crippen molar-refractivity contribution in [1.29, 1.82) is 0 Å². The lowest BCUT2D eigenvalue weighted by Crippen LogP contribution is -2.39. The Bertz CT molecular complexity index is 556. The lowest BCUT2D eigenvalue weighted by atomic mass is 10.3. The fourth-order valence-electron chi connectivity index (χ4n) is 1.88. The van der Waals surface area contributed by atoms with Crippen molar-refractivity contribution >= 4 is 52.9 Å². The van der Waals surface area contributed by atoms with E-state index in [0.29, 0.717) is 0 Å². The molecule has 0 saturated carbocycles. The number of aliphatic imine (C=N–C) groups is 1. The molecule has 0 spiro atoms. The Balaban J connectivity index is 0.00000220. The summed E-state index contributed by atoms with van der Waals surface area (Å²) in [4.78, 5) is 7.57. The fraction of sp³-hybridized carbons (Fsp3) is 0.357. The predicted molar refractivity (Wildman–Crippen MR) is 100.0 cm³/mol. The van der Waals surface area contributed by atoms with Gasteiger partial charge in [0, 0.05) is 31.9 Å². The van der Waals surface area contributed by atoms with E-state index < -0.39 is 0 Å². The molecular weight excluding hydrogens is 421 g/mol. The molecule has 0 bridgehead atoms. The van der Waals surface area contributed by atoms with Crippen LogP contribution in [0.2, 0.25) is 4.34 Å². The van der Waals surface area contributed by atoms with Crippen LogP contribution < -0.4 is 5.32 Å². The van der Waals surface area contributed by atoms with E-state index in [9.17, 15) is 0 Å². The third-order valence-corrected chi connectivity index (χ3v) is 4.05. The standard InChI is InChI=1S/C14H18ClN3OS.HI/c1-16-14(17-8-7-11-4-3-9-19-11)18(2)10-12-5-6-13(15)20-12;/h3-6,9H,7-8,10H2,1-2H3,(H,16,17);1H. The summed E-state index contributed by atoms with van der Waals surface area (Å²) in [5.41, 5.74) is 0. The molecule has 0 unspecified atom stereocenters. The van der Waals surface area contributed by atoms with Gasteiger partial charge in [-0.25, -0.2) is 0 Å². The van der Waals surface area contributed by atoms with E-state index in [1.807, 2.05) is 31.3 Å². The quantitative estimate of drug-likeness (QED) is 0.437. The second kappa shape index (κ2) is 9.32. The van der Waals surface area contributed by atoms with E-state index in [-0.39, 0.29) is 24.0 Å². The van der Waals surface area contributed by atoms with Crippen LogP contribution in [-0.2, 0) is 13.0 Å². The van der Waals surface area contributed by atoms with Crippen LogP contribution in [0.5, 0.6) is 0 Å². The first kappa shape index (κ1) is 18.3. The molecule has 21 heavy (non-hydrogen) atoms. The van der Waals surface area contributed by atoms with E-state index in [4.69, 9.17) is 16.0 Å². The minimum absolute atomic E-state index is 0. The van der Waals surface area contributed by atoms with Crippen LogP contribution in [0.15, 0.2) is 39.9 Å². The number of nitrogens with zero attached hydrogens (tertiary/aromatic N) is 2. The normalized spacial score (nSPS) is 11.1. The van der Waals surface area contributed by atoms with Crippen LogP contribution >= 0.6 is 46.9 Å². The zero-order chi connectivity index (χ0) is 14.4. The van der Waals surface area contributed by atoms with E-state index in [0.717, 1.165) is 35.6 Å². The largest absolute Gasteiger partial charge is 0.469 e. The van der Waals surface area contributed by atoms with Gasteiger partial charge in [0.1, 0.15) is 5.76 Å². The molecule has 0 atom stereocenters. The van der Waals surface area contributed by atoms with Crippen LogP contribution in [0, 0.1) is 0 Å². The van der Waals surface area contributed by atoms with E-state index >= 15 is 0 Å². The highest BCUT2D eigenvalue weighted by Crippen LogP contribution is 2.22. The number of furan rings is 1. The first-order valence-corrected chi connectivity index (χ1v) is 7.57. The number of rotatable bonds is 5. The zero-order valence-electron chi connectivity index (χ0n) is 12.0. The molecule has 0 radical (unpaired) electrons. The molecule has 0 fully saturated rings. The fourth-order valence-corrected chi connectivity index (χ4v) is 3.02. The van der Waals surface area contributed by atoms with Crippen molar-refractivity contribution in [2.45, 2.75) is 13.0 Å². The number of guanidine groups is 1. The Labute approximate surface area is 151 Å². The minimum Gasteiger partial charge on any atom is -0.469 e. The molecule has 2 aromatic rings. The second-order valence-corrected chi connectivity index (χ2v) is 6.16. The van der Waals surface area contributed by atoms with Gasteiger partial charge in [-0.1, -0.05) is 11.6 Å². The molecular formula is C14H19ClIN3OS. The van der Waals surface area contributed by atoms with Crippen molar-refractivity contribution in [2.75, 3.05) is 20.6 Å². The number of halogens is 2. The van der Waals surface area contributed by atoms with Gasteiger partial charge in [-0.05, 0) is 24.3 Å². The van der Waals surface area contributed by atoms with Gasteiger partial charge in [0.25, 0.3) is 0 Å². The van der Waals surface area contributed by atoms with Gasteiger partial charge in [-0.3, -0.25) is 4.99 Å². The summed E-state index contributed by atoms with van der Waals surface area (Å²) in [6.45, 7) is 1.58. The Morgan fingerprint density at radius 1 is 1.43 bits per heavy atom. The third kappa shape index (κ3) is 5.88. The van der Waals surface area contributed by atoms with Crippen molar-refractivity contribution in [2.24, 2.45) is 4.99 Å². The van der Waals surface area contributed by atoms with Crippen LogP contribution in [0.3, 0.4) is 0 Å². The van der Waals surface area contributed by atoms with Crippen molar-refractivity contribution in [3.8, 4) is 0 Å².